The standard InChI is InChI=1S/C20H22N2O7S/c1-26-17-7-6-14(12-19(17)30(24,25)22-8-10-27-11-9-22)21-20(23)18-13-28-15-4-2-3-5-16(15)29-18/h2-7,12,18H,8-11,13H2,1H3,(H,21,23)/t18-/m1/s1. The number of amides is 1. The molecule has 10 heteroatoms. The van der Waals surface area contributed by atoms with Crippen molar-refractivity contribution in [3.05, 3.63) is 42.5 Å². The zero-order valence-electron chi connectivity index (χ0n) is 16.4. The molecule has 0 radical (unpaired) electrons. The van der Waals surface area contributed by atoms with E-state index < -0.39 is 22.0 Å². The lowest BCUT2D eigenvalue weighted by atomic mass is 10.2. The van der Waals surface area contributed by atoms with E-state index in [4.69, 9.17) is 18.9 Å². The Balaban J connectivity index is 1.54. The van der Waals surface area contributed by atoms with Crippen molar-refractivity contribution in [2.75, 3.05) is 45.3 Å². The Morgan fingerprint density at radius 2 is 1.87 bits per heavy atom. The van der Waals surface area contributed by atoms with Gasteiger partial charge in [-0.05, 0) is 30.3 Å². The molecule has 1 saturated heterocycles. The van der Waals surface area contributed by atoms with E-state index in [1.54, 1.807) is 24.3 Å². The third-order valence-corrected chi connectivity index (χ3v) is 6.74. The van der Waals surface area contributed by atoms with E-state index in [-0.39, 0.29) is 30.3 Å². The van der Waals surface area contributed by atoms with Gasteiger partial charge in [-0.1, -0.05) is 12.1 Å². The fraction of sp³-hybridized carbons (Fsp3) is 0.350. The Hall–Kier alpha value is -2.82. The van der Waals surface area contributed by atoms with E-state index in [1.165, 1.54) is 23.5 Å². The van der Waals surface area contributed by atoms with Gasteiger partial charge in [0.25, 0.3) is 5.91 Å². The van der Waals surface area contributed by atoms with Gasteiger partial charge in [-0.15, -0.1) is 0 Å². The minimum absolute atomic E-state index is 0.0177. The maximum atomic E-state index is 13.1. The van der Waals surface area contributed by atoms with Crippen molar-refractivity contribution in [2.45, 2.75) is 11.0 Å². The van der Waals surface area contributed by atoms with Crippen molar-refractivity contribution < 1.29 is 32.2 Å². The van der Waals surface area contributed by atoms with Gasteiger partial charge in [0, 0.05) is 18.8 Å². The summed E-state index contributed by atoms with van der Waals surface area (Å²) in [6.45, 7) is 1.23. The Morgan fingerprint density at radius 1 is 1.13 bits per heavy atom. The topological polar surface area (TPSA) is 103 Å². The van der Waals surface area contributed by atoms with Gasteiger partial charge in [0.05, 0.1) is 20.3 Å². The van der Waals surface area contributed by atoms with Crippen LogP contribution in [0.2, 0.25) is 0 Å². The zero-order chi connectivity index (χ0) is 21.1. The molecule has 0 saturated carbocycles. The molecular formula is C20H22N2O7S. The van der Waals surface area contributed by atoms with Crippen LogP contribution in [-0.2, 0) is 19.6 Å². The minimum atomic E-state index is -3.81. The van der Waals surface area contributed by atoms with Crippen LogP contribution < -0.4 is 19.5 Å². The number of hydrogen-bond donors (Lipinski definition) is 1. The molecule has 2 aliphatic rings. The molecular weight excluding hydrogens is 412 g/mol. The Morgan fingerprint density at radius 3 is 2.60 bits per heavy atom. The molecule has 0 spiro atoms. The van der Waals surface area contributed by atoms with Gasteiger partial charge >= 0.3 is 0 Å². The molecule has 1 N–H and O–H groups in total. The summed E-state index contributed by atoms with van der Waals surface area (Å²) in [7, 11) is -2.41. The zero-order valence-corrected chi connectivity index (χ0v) is 17.2. The van der Waals surface area contributed by atoms with Crippen LogP contribution in [0.5, 0.6) is 17.2 Å². The summed E-state index contributed by atoms with van der Waals surface area (Å²) >= 11 is 0. The van der Waals surface area contributed by atoms with Crippen molar-refractivity contribution in [1.82, 2.24) is 4.31 Å². The maximum absolute atomic E-state index is 13.1. The Labute approximate surface area is 174 Å². The maximum Gasteiger partial charge on any atom is 0.269 e. The second-order valence-corrected chi connectivity index (χ2v) is 8.64. The predicted octanol–water partition coefficient (Wildman–Crippen LogP) is 1.49. The number of carbonyl (C=O) groups is 1. The first-order valence-electron chi connectivity index (χ1n) is 9.44. The number of carbonyl (C=O) groups excluding carboxylic acids is 1. The molecule has 9 nitrogen and oxygen atoms in total. The number of sulfonamides is 1. The van der Waals surface area contributed by atoms with Gasteiger partial charge in [0.15, 0.2) is 11.5 Å². The number of para-hydroxylation sites is 2. The minimum Gasteiger partial charge on any atom is -0.495 e. The smallest absolute Gasteiger partial charge is 0.269 e. The summed E-state index contributed by atoms with van der Waals surface area (Å²) in [6, 6.07) is 11.6. The summed E-state index contributed by atoms with van der Waals surface area (Å²) < 4.78 is 49.2. The third kappa shape index (κ3) is 4.07. The van der Waals surface area contributed by atoms with Gasteiger partial charge in [0.2, 0.25) is 16.1 Å². The van der Waals surface area contributed by atoms with Crippen molar-refractivity contribution in [3.63, 3.8) is 0 Å². The highest BCUT2D eigenvalue weighted by Crippen LogP contribution is 2.32. The number of morpholine rings is 1. The van der Waals surface area contributed by atoms with Crippen LogP contribution >= 0.6 is 0 Å². The molecule has 0 unspecified atom stereocenters. The lowest BCUT2D eigenvalue weighted by molar-refractivity contribution is -0.125. The van der Waals surface area contributed by atoms with Crippen LogP contribution in [0.1, 0.15) is 0 Å². The van der Waals surface area contributed by atoms with Crippen LogP contribution in [-0.4, -0.2) is 64.8 Å². The van der Waals surface area contributed by atoms with E-state index in [9.17, 15) is 13.2 Å². The molecule has 0 aliphatic carbocycles. The van der Waals surface area contributed by atoms with Gasteiger partial charge in [-0.2, -0.15) is 4.31 Å². The first-order chi connectivity index (χ1) is 14.5. The number of methoxy groups -OCH3 is 1. The van der Waals surface area contributed by atoms with Crippen molar-refractivity contribution in [1.29, 1.82) is 0 Å². The summed E-state index contributed by atoms with van der Waals surface area (Å²) in [4.78, 5) is 12.7. The monoisotopic (exact) mass is 434 g/mol. The Kier molecular flexibility index (Phi) is 5.80. The number of benzene rings is 2. The second kappa shape index (κ2) is 8.50. The molecule has 0 aromatic heterocycles. The molecule has 160 valence electrons. The molecule has 1 fully saturated rings. The molecule has 0 bridgehead atoms. The average molecular weight is 434 g/mol. The van der Waals surface area contributed by atoms with Gasteiger partial charge in [-0.25, -0.2) is 8.42 Å². The fourth-order valence-corrected chi connectivity index (χ4v) is 4.84. The quantitative estimate of drug-likeness (QED) is 0.761. The van der Waals surface area contributed by atoms with Crippen LogP contribution in [0, 0.1) is 0 Å². The average Bonchev–Trinajstić information content (AvgIpc) is 2.79. The normalized spacial score (nSPS) is 19.2. The molecule has 1 amide bonds. The van der Waals surface area contributed by atoms with E-state index in [0.717, 1.165) is 0 Å². The predicted molar refractivity (Wildman–Crippen MR) is 108 cm³/mol. The van der Waals surface area contributed by atoms with E-state index in [0.29, 0.717) is 30.4 Å². The third-order valence-electron chi connectivity index (χ3n) is 4.82. The van der Waals surface area contributed by atoms with Crippen LogP contribution in [0.25, 0.3) is 0 Å². The molecule has 4 rings (SSSR count). The fourth-order valence-electron chi connectivity index (χ4n) is 3.25. The number of hydrogen-bond acceptors (Lipinski definition) is 7. The van der Waals surface area contributed by atoms with E-state index >= 15 is 0 Å². The van der Waals surface area contributed by atoms with E-state index in [2.05, 4.69) is 5.32 Å². The van der Waals surface area contributed by atoms with Crippen LogP contribution in [0.3, 0.4) is 0 Å². The molecule has 1 atom stereocenters. The van der Waals surface area contributed by atoms with E-state index in [1.807, 2.05) is 6.07 Å². The highest BCUT2D eigenvalue weighted by atomic mass is 32.2. The largest absolute Gasteiger partial charge is 0.495 e. The molecule has 30 heavy (non-hydrogen) atoms. The van der Waals surface area contributed by atoms with Gasteiger partial charge < -0.3 is 24.3 Å². The van der Waals surface area contributed by atoms with Crippen LogP contribution in [0.4, 0.5) is 5.69 Å². The first kappa shape index (κ1) is 20.5. The summed E-state index contributed by atoms with van der Waals surface area (Å²) in [5, 5.41) is 2.70. The molecule has 2 aromatic carbocycles. The SMILES string of the molecule is COc1ccc(NC(=O)[C@H]2COc3ccccc3O2)cc1S(=O)(=O)N1CCOCC1. The van der Waals surface area contributed by atoms with Gasteiger partial charge in [0.1, 0.15) is 17.3 Å². The summed E-state index contributed by atoms with van der Waals surface area (Å²) in [5.41, 5.74) is 0.315. The molecule has 2 heterocycles. The Bertz CT molecular complexity index is 1040. The summed E-state index contributed by atoms with van der Waals surface area (Å²) in [5.74, 6) is 0.814. The van der Waals surface area contributed by atoms with Crippen molar-refractivity contribution in [3.8, 4) is 17.2 Å². The number of fused-ring (bicyclic) bond motifs is 1. The summed E-state index contributed by atoms with van der Waals surface area (Å²) in [6.07, 6.45) is -0.860. The lowest BCUT2D eigenvalue weighted by Gasteiger charge is -2.27. The van der Waals surface area contributed by atoms with Gasteiger partial charge in [-0.3, -0.25) is 4.79 Å². The van der Waals surface area contributed by atoms with Crippen molar-refractivity contribution in [2.24, 2.45) is 0 Å². The second-order valence-electron chi connectivity index (χ2n) is 6.74. The molecule has 2 aliphatic heterocycles. The number of anilines is 1. The number of nitrogens with zero attached hydrogens (tertiary/aromatic N) is 1. The highest BCUT2D eigenvalue weighted by Gasteiger charge is 2.31. The first-order valence-corrected chi connectivity index (χ1v) is 10.9. The van der Waals surface area contributed by atoms with Crippen LogP contribution in [0.15, 0.2) is 47.4 Å². The highest BCUT2D eigenvalue weighted by molar-refractivity contribution is 7.89. The van der Waals surface area contributed by atoms with Crippen molar-refractivity contribution >= 4 is 21.6 Å². The number of ether oxygens (including phenoxy) is 4. The molecule has 2 aromatic rings. The number of rotatable bonds is 5. The number of nitrogens with one attached hydrogen (secondary N) is 1. The lowest BCUT2D eigenvalue weighted by Crippen LogP contribution is -2.41.